The Bertz CT molecular complexity index is 721. The van der Waals surface area contributed by atoms with Gasteiger partial charge >= 0.3 is 0 Å². The first-order valence-electron chi connectivity index (χ1n) is 8.24. The van der Waals surface area contributed by atoms with E-state index in [1.54, 1.807) is 11.2 Å². The number of hydrogen-bond acceptors (Lipinski definition) is 4. The van der Waals surface area contributed by atoms with Crippen LogP contribution in [0.25, 0.3) is 0 Å². The number of hydrogen-bond donors (Lipinski definition) is 0. The molecule has 2 aliphatic rings. The standard InChI is InChI=1S/C16H22N4O2S2/c1-2-24(21,22)19-10-6-9-14(12-19)15-17-18-16(23)20(15)11-13-7-4-3-5-8-13/h3-5,7-8,14-15H,2,6,9-12H2,1H3. The van der Waals surface area contributed by atoms with Gasteiger partial charge in [-0.3, -0.25) is 0 Å². The molecule has 0 aliphatic carbocycles. The van der Waals surface area contributed by atoms with Crippen molar-refractivity contribution in [2.75, 3.05) is 18.8 Å². The van der Waals surface area contributed by atoms with E-state index in [9.17, 15) is 8.42 Å². The van der Waals surface area contributed by atoms with Crippen LogP contribution in [0.4, 0.5) is 0 Å². The molecule has 2 heterocycles. The van der Waals surface area contributed by atoms with Gasteiger partial charge in [-0.05, 0) is 37.5 Å². The number of rotatable bonds is 5. The summed E-state index contributed by atoms with van der Waals surface area (Å²) in [7, 11) is -3.16. The van der Waals surface area contributed by atoms with Gasteiger partial charge in [0.2, 0.25) is 15.1 Å². The lowest BCUT2D eigenvalue weighted by molar-refractivity contribution is 0.167. The summed E-state index contributed by atoms with van der Waals surface area (Å²) in [5.74, 6) is 0.255. The van der Waals surface area contributed by atoms with Gasteiger partial charge in [-0.15, -0.1) is 5.11 Å². The summed E-state index contributed by atoms with van der Waals surface area (Å²) in [4.78, 5) is 2.01. The second kappa shape index (κ2) is 7.25. The minimum Gasteiger partial charge on any atom is -0.318 e. The van der Waals surface area contributed by atoms with Crippen LogP contribution in [0.15, 0.2) is 40.6 Å². The van der Waals surface area contributed by atoms with Gasteiger partial charge in [0, 0.05) is 25.6 Å². The SMILES string of the molecule is CCS(=O)(=O)N1CCCC(C2N=NC(=S)N2Cc2ccccc2)C1. The van der Waals surface area contributed by atoms with Gasteiger partial charge in [0.15, 0.2) is 0 Å². The molecule has 8 heteroatoms. The molecule has 1 fully saturated rings. The minimum absolute atomic E-state index is 0.119. The Morgan fingerprint density at radius 1 is 1.29 bits per heavy atom. The molecule has 1 aromatic carbocycles. The molecule has 2 unspecified atom stereocenters. The Morgan fingerprint density at radius 2 is 2.04 bits per heavy atom. The summed E-state index contributed by atoms with van der Waals surface area (Å²) >= 11 is 5.35. The Balaban J connectivity index is 1.74. The zero-order valence-electron chi connectivity index (χ0n) is 13.7. The van der Waals surface area contributed by atoms with E-state index in [4.69, 9.17) is 12.2 Å². The predicted octanol–water partition coefficient (Wildman–Crippen LogP) is 2.63. The molecule has 0 spiro atoms. The van der Waals surface area contributed by atoms with Crippen molar-refractivity contribution in [2.24, 2.45) is 16.1 Å². The van der Waals surface area contributed by atoms with Crippen molar-refractivity contribution < 1.29 is 8.42 Å². The zero-order valence-corrected chi connectivity index (χ0v) is 15.3. The second-order valence-electron chi connectivity index (χ2n) is 6.19. The Labute approximate surface area is 148 Å². The van der Waals surface area contributed by atoms with E-state index >= 15 is 0 Å². The molecule has 0 aromatic heterocycles. The fraction of sp³-hybridized carbons (Fsp3) is 0.562. The van der Waals surface area contributed by atoms with Crippen LogP contribution < -0.4 is 0 Å². The maximum Gasteiger partial charge on any atom is 0.218 e. The molecule has 0 radical (unpaired) electrons. The molecule has 0 N–H and O–H groups in total. The molecule has 0 amide bonds. The molecular weight excluding hydrogens is 344 g/mol. The normalized spacial score (nSPS) is 25.4. The number of piperidine rings is 1. The highest BCUT2D eigenvalue weighted by Crippen LogP contribution is 2.30. The lowest BCUT2D eigenvalue weighted by Gasteiger charge is -2.36. The first-order chi connectivity index (χ1) is 11.5. The number of nitrogens with zero attached hydrogens (tertiary/aromatic N) is 4. The summed E-state index contributed by atoms with van der Waals surface area (Å²) < 4.78 is 26.0. The number of azo groups is 1. The van der Waals surface area contributed by atoms with E-state index < -0.39 is 10.0 Å². The van der Waals surface area contributed by atoms with Crippen LogP contribution in [0.1, 0.15) is 25.3 Å². The van der Waals surface area contributed by atoms with E-state index in [-0.39, 0.29) is 17.8 Å². The maximum atomic E-state index is 12.2. The Hall–Kier alpha value is -1.38. The van der Waals surface area contributed by atoms with Crippen molar-refractivity contribution in [1.29, 1.82) is 0 Å². The highest BCUT2D eigenvalue weighted by Gasteiger charge is 2.38. The topological polar surface area (TPSA) is 65.3 Å². The van der Waals surface area contributed by atoms with Crippen molar-refractivity contribution in [3.63, 3.8) is 0 Å². The Kier molecular flexibility index (Phi) is 5.27. The molecule has 2 aliphatic heterocycles. The van der Waals surface area contributed by atoms with E-state index in [1.807, 2.05) is 35.2 Å². The van der Waals surface area contributed by atoms with Crippen molar-refractivity contribution in [2.45, 2.75) is 32.5 Å². The third-order valence-electron chi connectivity index (χ3n) is 4.62. The van der Waals surface area contributed by atoms with E-state index in [0.29, 0.717) is 24.7 Å². The molecule has 2 atom stereocenters. The summed E-state index contributed by atoms with van der Waals surface area (Å²) in [5.41, 5.74) is 1.14. The highest BCUT2D eigenvalue weighted by atomic mass is 32.2. The fourth-order valence-corrected chi connectivity index (χ4v) is 4.69. The summed E-state index contributed by atoms with van der Waals surface area (Å²) in [6.07, 6.45) is 1.61. The van der Waals surface area contributed by atoms with Crippen molar-refractivity contribution in [3.05, 3.63) is 35.9 Å². The van der Waals surface area contributed by atoms with Gasteiger partial charge in [0.05, 0.1) is 5.75 Å². The van der Waals surface area contributed by atoms with Gasteiger partial charge < -0.3 is 4.90 Å². The van der Waals surface area contributed by atoms with E-state index in [0.717, 1.165) is 18.4 Å². The summed E-state index contributed by atoms with van der Waals surface area (Å²) in [6.45, 7) is 3.42. The third kappa shape index (κ3) is 3.65. The minimum atomic E-state index is -3.16. The van der Waals surface area contributed by atoms with Gasteiger partial charge in [0.25, 0.3) is 0 Å². The highest BCUT2D eigenvalue weighted by molar-refractivity contribution is 7.89. The largest absolute Gasteiger partial charge is 0.318 e. The molecule has 3 rings (SSSR count). The van der Waals surface area contributed by atoms with E-state index in [1.165, 1.54) is 0 Å². The van der Waals surface area contributed by atoms with Crippen molar-refractivity contribution in [1.82, 2.24) is 9.21 Å². The van der Waals surface area contributed by atoms with Crippen LogP contribution in [0.5, 0.6) is 0 Å². The van der Waals surface area contributed by atoms with Crippen molar-refractivity contribution in [3.8, 4) is 0 Å². The first-order valence-corrected chi connectivity index (χ1v) is 10.3. The van der Waals surface area contributed by atoms with Crippen LogP contribution in [0.3, 0.4) is 0 Å². The van der Waals surface area contributed by atoms with Gasteiger partial charge in [-0.25, -0.2) is 12.7 Å². The lowest BCUT2D eigenvalue weighted by atomic mass is 9.96. The quantitative estimate of drug-likeness (QED) is 0.752. The van der Waals surface area contributed by atoms with Crippen LogP contribution in [-0.2, 0) is 16.6 Å². The van der Waals surface area contributed by atoms with Crippen molar-refractivity contribution >= 4 is 27.4 Å². The summed E-state index contributed by atoms with van der Waals surface area (Å²) in [5, 5.41) is 8.93. The smallest absolute Gasteiger partial charge is 0.218 e. The number of sulfonamides is 1. The maximum absolute atomic E-state index is 12.2. The molecular formula is C16H22N4O2S2. The Morgan fingerprint density at radius 3 is 2.75 bits per heavy atom. The average molecular weight is 367 g/mol. The average Bonchev–Trinajstić information content (AvgIpc) is 2.97. The predicted molar refractivity (Wildman–Crippen MR) is 97.0 cm³/mol. The molecule has 24 heavy (non-hydrogen) atoms. The first kappa shape index (κ1) is 17.4. The van der Waals surface area contributed by atoms with E-state index in [2.05, 4.69) is 10.2 Å². The van der Waals surface area contributed by atoms with Gasteiger partial charge in [-0.1, -0.05) is 30.3 Å². The molecule has 6 nitrogen and oxygen atoms in total. The van der Waals surface area contributed by atoms with Crippen LogP contribution in [0, 0.1) is 5.92 Å². The van der Waals surface area contributed by atoms with Gasteiger partial charge in [-0.2, -0.15) is 5.11 Å². The molecule has 1 aromatic rings. The number of benzene rings is 1. The molecule has 0 bridgehead atoms. The third-order valence-corrected chi connectivity index (χ3v) is 6.79. The van der Waals surface area contributed by atoms with Crippen LogP contribution in [-0.4, -0.2) is 47.7 Å². The van der Waals surface area contributed by atoms with Crippen LogP contribution in [0.2, 0.25) is 0 Å². The molecule has 1 saturated heterocycles. The zero-order chi connectivity index (χ0) is 17.2. The fourth-order valence-electron chi connectivity index (χ4n) is 3.28. The molecule has 0 saturated carbocycles. The number of thiocarbonyl (C=S) groups is 1. The monoisotopic (exact) mass is 366 g/mol. The summed E-state index contributed by atoms with van der Waals surface area (Å²) in [6, 6.07) is 10.1. The molecule has 130 valence electrons. The lowest BCUT2D eigenvalue weighted by Crippen LogP contribution is -2.47. The van der Waals surface area contributed by atoms with Crippen LogP contribution >= 0.6 is 12.2 Å². The van der Waals surface area contributed by atoms with Gasteiger partial charge in [0.1, 0.15) is 6.17 Å². The second-order valence-corrected chi connectivity index (χ2v) is 8.81.